The lowest BCUT2D eigenvalue weighted by Gasteiger charge is -2.32. The summed E-state index contributed by atoms with van der Waals surface area (Å²) in [5, 5.41) is 14.2. The molecule has 3 atom stereocenters. The lowest BCUT2D eigenvalue weighted by molar-refractivity contribution is -0.384. The topological polar surface area (TPSA) is 150 Å². The largest absolute Gasteiger partial charge is 0.468 e. The summed E-state index contributed by atoms with van der Waals surface area (Å²) in [6.45, 7) is 10.4. The van der Waals surface area contributed by atoms with Gasteiger partial charge in [-0.25, -0.2) is 4.79 Å². The van der Waals surface area contributed by atoms with Crippen LogP contribution in [-0.4, -0.2) is 86.0 Å². The van der Waals surface area contributed by atoms with Gasteiger partial charge in [-0.3, -0.25) is 29.6 Å². The number of allylic oxidation sites excluding steroid dienone is 1. The van der Waals surface area contributed by atoms with Crippen LogP contribution >= 0.6 is 0 Å². The molecule has 12 nitrogen and oxygen atoms in total. The van der Waals surface area contributed by atoms with Gasteiger partial charge >= 0.3 is 11.9 Å². The van der Waals surface area contributed by atoms with Gasteiger partial charge in [0.25, 0.3) is 5.69 Å². The minimum absolute atomic E-state index is 0.128. The highest BCUT2D eigenvalue weighted by molar-refractivity contribution is 6.08. The van der Waals surface area contributed by atoms with E-state index in [-0.39, 0.29) is 23.8 Å². The molecule has 212 valence electrons. The first-order chi connectivity index (χ1) is 18.5. The molecule has 1 N–H and O–H groups in total. The third-order valence-electron chi connectivity index (χ3n) is 6.93. The third-order valence-corrected chi connectivity index (χ3v) is 6.93. The predicted molar refractivity (Wildman–Crippen MR) is 142 cm³/mol. The molecule has 1 aromatic carbocycles. The summed E-state index contributed by atoms with van der Waals surface area (Å²) in [5.41, 5.74) is 1.08. The maximum absolute atomic E-state index is 13.8. The summed E-state index contributed by atoms with van der Waals surface area (Å²) < 4.78 is 15.8. The molecule has 2 aliphatic rings. The summed E-state index contributed by atoms with van der Waals surface area (Å²) in [7, 11) is 1.23. The van der Waals surface area contributed by atoms with E-state index in [0.29, 0.717) is 36.7 Å². The molecule has 0 spiro atoms. The van der Waals surface area contributed by atoms with Gasteiger partial charge in [-0.05, 0) is 25.3 Å². The first-order valence-electron chi connectivity index (χ1n) is 12.9. The summed E-state index contributed by atoms with van der Waals surface area (Å²) in [6.07, 6.45) is 0. The van der Waals surface area contributed by atoms with E-state index >= 15 is 0 Å². The van der Waals surface area contributed by atoms with Crippen molar-refractivity contribution in [1.29, 1.82) is 0 Å². The Balaban J connectivity index is 1.88. The highest BCUT2D eigenvalue weighted by Gasteiger charge is 2.43. The first-order valence-corrected chi connectivity index (χ1v) is 12.9. The molecule has 1 aromatic rings. The van der Waals surface area contributed by atoms with E-state index in [1.54, 1.807) is 33.8 Å². The summed E-state index contributed by atoms with van der Waals surface area (Å²) in [6, 6.07) is 4.82. The molecular weight excluding hydrogens is 508 g/mol. The highest BCUT2D eigenvalue weighted by atomic mass is 16.6. The molecule has 2 heterocycles. The molecule has 2 aliphatic heterocycles. The number of nitro groups is 1. The van der Waals surface area contributed by atoms with Crippen molar-refractivity contribution >= 4 is 29.2 Å². The van der Waals surface area contributed by atoms with E-state index in [4.69, 9.17) is 14.2 Å². The Labute approximate surface area is 227 Å². The number of amides is 1. The maximum Gasteiger partial charge on any atom is 0.328 e. The van der Waals surface area contributed by atoms with E-state index in [0.717, 1.165) is 13.1 Å². The van der Waals surface area contributed by atoms with Crippen LogP contribution in [0.25, 0.3) is 0 Å². The average Bonchev–Trinajstić information content (AvgIpc) is 2.91. The fourth-order valence-corrected chi connectivity index (χ4v) is 4.86. The zero-order valence-electron chi connectivity index (χ0n) is 23.0. The van der Waals surface area contributed by atoms with Crippen LogP contribution in [0.2, 0.25) is 0 Å². The predicted octanol–water partition coefficient (Wildman–Crippen LogP) is 2.23. The average molecular weight is 545 g/mol. The summed E-state index contributed by atoms with van der Waals surface area (Å²) >= 11 is 0. The van der Waals surface area contributed by atoms with Crippen LogP contribution in [-0.2, 0) is 28.6 Å². The van der Waals surface area contributed by atoms with Gasteiger partial charge in [0.1, 0.15) is 18.6 Å². The van der Waals surface area contributed by atoms with Crippen LogP contribution in [0.5, 0.6) is 0 Å². The van der Waals surface area contributed by atoms with E-state index in [2.05, 4.69) is 15.2 Å². The van der Waals surface area contributed by atoms with Crippen LogP contribution in [0.4, 0.5) is 5.69 Å². The van der Waals surface area contributed by atoms with Crippen molar-refractivity contribution < 1.29 is 33.5 Å². The molecule has 12 heteroatoms. The van der Waals surface area contributed by atoms with Gasteiger partial charge in [-0.15, -0.1) is 0 Å². The molecular formula is C27H36N4O8. The normalized spacial score (nSPS) is 20.7. The number of hydrogen-bond acceptors (Lipinski definition) is 10. The molecule has 1 amide bonds. The second-order valence-electron chi connectivity index (χ2n) is 9.90. The zero-order valence-corrected chi connectivity index (χ0v) is 23.0. The number of rotatable bonds is 10. The fourth-order valence-electron chi connectivity index (χ4n) is 4.86. The van der Waals surface area contributed by atoms with Crippen LogP contribution in [0, 0.1) is 22.0 Å². The number of nitrogens with zero attached hydrogens (tertiary/aromatic N) is 3. The number of ether oxygens (including phenoxy) is 3. The molecule has 3 rings (SSSR count). The first kappa shape index (κ1) is 29.9. The van der Waals surface area contributed by atoms with Crippen molar-refractivity contribution in [2.24, 2.45) is 16.8 Å². The van der Waals surface area contributed by atoms with Crippen LogP contribution in [0.1, 0.15) is 39.2 Å². The number of aliphatic imine (C=N–C) groups is 1. The van der Waals surface area contributed by atoms with Gasteiger partial charge in [0, 0.05) is 54.7 Å². The van der Waals surface area contributed by atoms with Crippen molar-refractivity contribution in [3.05, 3.63) is 51.2 Å². The van der Waals surface area contributed by atoms with Gasteiger partial charge in [-0.1, -0.05) is 26.0 Å². The molecule has 0 aliphatic carbocycles. The lowest BCUT2D eigenvalue weighted by Crippen LogP contribution is -2.48. The lowest BCUT2D eigenvalue weighted by atomic mass is 9.75. The smallest absolute Gasteiger partial charge is 0.328 e. The van der Waals surface area contributed by atoms with Crippen molar-refractivity contribution in [2.45, 2.75) is 39.7 Å². The number of morpholine rings is 1. The minimum Gasteiger partial charge on any atom is -0.468 e. The Bertz CT molecular complexity index is 1160. The number of benzene rings is 1. The molecule has 1 saturated heterocycles. The SMILES string of the molecule is COC(=O)C1C(C)=NC(C)=C(C(=O)N[C@H](C(=O)OCCN2CCOCC2)C(C)C)[C@H]1c1cccc([N+](=O)[O-])c1. The summed E-state index contributed by atoms with van der Waals surface area (Å²) in [4.78, 5) is 57.1. The Kier molecular flexibility index (Phi) is 10.3. The van der Waals surface area contributed by atoms with Crippen molar-refractivity contribution in [2.75, 3.05) is 46.6 Å². The molecule has 0 saturated carbocycles. The number of esters is 2. The van der Waals surface area contributed by atoms with Gasteiger partial charge in [0.05, 0.1) is 25.2 Å². The Morgan fingerprint density at radius 3 is 2.54 bits per heavy atom. The second kappa shape index (κ2) is 13.4. The fraction of sp³-hybridized carbons (Fsp3) is 0.556. The van der Waals surface area contributed by atoms with Crippen LogP contribution in [0.15, 0.2) is 40.5 Å². The van der Waals surface area contributed by atoms with Gasteiger partial charge in [0.2, 0.25) is 5.91 Å². The Morgan fingerprint density at radius 1 is 1.23 bits per heavy atom. The van der Waals surface area contributed by atoms with E-state index in [1.807, 2.05) is 0 Å². The molecule has 1 unspecified atom stereocenters. The van der Waals surface area contributed by atoms with Crippen molar-refractivity contribution in [1.82, 2.24) is 10.2 Å². The van der Waals surface area contributed by atoms with Crippen molar-refractivity contribution in [3.8, 4) is 0 Å². The van der Waals surface area contributed by atoms with Gasteiger partial charge in [-0.2, -0.15) is 0 Å². The number of hydrogen-bond donors (Lipinski definition) is 1. The van der Waals surface area contributed by atoms with Crippen LogP contribution in [0.3, 0.4) is 0 Å². The van der Waals surface area contributed by atoms with E-state index < -0.39 is 40.6 Å². The highest BCUT2D eigenvalue weighted by Crippen LogP contribution is 2.40. The molecule has 0 bridgehead atoms. The second-order valence-corrected chi connectivity index (χ2v) is 9.90. The number of nitro benzene ring substituents is 1. The molecule has 1 fully saturated rings. The minimum atomic E-state index is -0.987. The monoisotopic (exact) mass is 544 g/mol. The maximum atomic E-state index is 13.8. The van der Waals surface area contributed by atoms with Crippen LogP contribution < -0.4 is 5.32 Å². The Hall–Kier alpha value is -3.64. The number of carbonyl (C=O) groups is 3. The number of methoxy groups -OCH3 is 1. The quantitative estimate of drug-likeness (QED) is 0.266. The van der Waals surface area contributed by atoms with Gasteiger partial charge < -0.3 is 19.5 Å². The summed E-state index contributed by atoms with van der Waals surface area (Å²) in [5.74, 6) is -4.02. The number of carbonyl (C=O) groups excluding carboxylic acids is 3. The third kappa shape index (κ3) is 7.27. The van der Waals surface area contributed by atoms with Crippen molar-refractivity contribution in [3.63, 3.8) is 0 Å². The number of non-ortho nitro benzene ring substituents is 1. The molecule has 39 heavy (non-hydrogen) atoms. The number of nitrogens with one attached hydrogen (secondary N) is 1. The standard InChI is InChI=1S/C27H36N4O8/c1-16(2)24(27(34)39-14-11-30-9-12-38-13-10-30)29-25(32)21-17(3)28-18(4)22(26(33)37-5)23(21)19-7-6-8-20(15-19)31(35)36/h6-8,15-16,22-24H,9-14H2,1-5H3,(H,29,32)/t22?,23-,24+/m1/s1. The molecule has 0 radical (unpaired) electrons. The Morgan fingerprint density at radius 2 is 1.92 bits per heavy atom. The van der Waals surface area contributed by atoms with E-state index in [1.165, 1.54) is 25.3 Å². The van der Waals surface area contributed by atoms with Gasteiger partial charge in [0.15, 0.2) is 0 Å². The zero-order chi connectivity index (χ0) is 28.7. The molecule has 0 aromatic heterocycles. The van der Waals surface area contributed by atoms with E-state index in [9.17, 15) is 24.5 Å².